The number of nitrogens with one attached hydrogen (secondary N) is 1. The van der Waals surface area contributed by atoms with Crippen LogP contribution in [-0.2, 0) is 11.3 Å². The summed E-state index contributed by atoms with van der Waals surface area (Å²) in [4.78, 5) is 30.8. The molecule has 0 atom stereocenters. The third-order valence-corrected chi connectivity index (χ3v) is 5.07. The Kier molecular flexibility index (Phi) is 11.9. The smallest absolute Gasteiger partial charge is 0.270 e. The lowest BCUT2D eigenvalue weighted by Gasteiger charge is -2.21. The van der Waals surface area contributed by atoms with E-state index in [2.05, 4.69) is 24.1 Å². The molecule has 0 bridgehead atoms. The number of carbonyl (C=O) groups is 2. The second-order valence-electron chi connectivity index (χ2n) is 6.72. The molecule has 0 unspecified atom stereocenters. The molecule has 0 radical (unpaired) electrons. The Bertz CT molecular complexity index is 531. The molecule has 2 amide bonds. The highest BCUT2D eigenvalue weighted by atomic mass is 32.1. The Balaban J connectivity index is 2.47. The van der Waals surface area contributed by atoms with Gasteiger partial charge in [-0.3, -0.25) is 9.59 Å². The Morgan fingerprint density at radius 2 is 1.77 bits per heavy atom. The molecule has 26 heavy (non-hydrogen) atoms. The SMILES string of the molecule is CCCCCCCCC(=O)N(CCC)Cc1nc(C(=O)NCCC)cs1. The van der Waals surface area contributed by atoms with Crippen LogP contribution >= 0.6 is 11.3 Å². The molecule has 0 saturated heterocycles. The van der Waals surface area contributed by atoms with Gasteiger partial charge in [0.2, 0.25) is 5.91 Å². The summed E-state index contributed by atoms with van der Waals surface area (Å²) in [5, 5.41) is 5.45. The average molecular weight is 382 g/mol. The molecule has 0 aromatic carbocycles. The van der Waals surface area contributed by atoms with E-state index < -0.39 is 0 Å². The summed E-state index contributed by atoms with van der Waals surface area (Å²) in [7, 11) is 0. The van der Waals surface area contributed by atoms with Crippen LogP contribution in [0.15, 0.2) is 5.38 Å². The maximum absolute atomic E-state index is 12.5. The van der Waals surface area contributed by atoms with Crippen molar-refractivity contribution in [3.63, 3.8) is 0 Å². The highest BCUT2D eigenvalue weighted by Crippen LogP contribution is 2.15. The lowest BCUT2D eigenvalue weighted by atomic mass is 10.1. The molecule has 1 N–H and O–H groups in total. The Labute approximate surface area is 162 Å². The van der Waals surface area contributed by atoms with Gasteiger partial charge in [-0.25, -0.2) is 4.98 Å². The molecule has 0 aliphatic carbocycles. The number of hydrogen-bond acceptors (Lipinski definition) is 4. The molecule has 0 spiro atoms. The van der Waals surface area contributed by atoms with Crippen molar-refractivity contribution in [2.75, 3.05) is 13.1 Å². The van der Waals surface area contributed by atoms with Gasteiger partial charge in [-0.1, -0.05) is 52.9 Å². The number of thiazole rings is 1. The van der Waals surface area contributed by atoms with Gasteiger partial charge in [0.1, 0.15) is 10.7 Å². The minimum Gasteiger partial charge on any atom is -0.351 e. The molecular weight excluding hydrogens is 346 g/mol. The van der Waals surface area contributed by atoms with E-state index in [-0.39, 0.29) is 11.8 Å². The first-order valence-corrected chi connectivity index (χ1v) is 11.0. The van der Waals surface area contributed by atoms with Crippen LogP contribution in [0, 0.1) is 0 Å². The predicted molar refractivity (Wildman–Crippen MR) is 108 cm³/mol. The maximum atomic E-state index is 12.5. The lowest BCUT2D eigenvalue weighted by Crippen LogP contribution is -2.31. The number of aromatic nitrogens is 1. The largest absolute Gasteiger partial charge is 0.351 e. The highest BCUT2D eigenvalue weighted by Gasteiger charge is 2.16. The summed E-state index contributed by atoms with van der Waals surface area (Å²) in [6.07, 6.45) is 9.56. The van der Waals surface area contributed by atoms with Crippen molar-refractivity contribution in [1.29, 1.82) is 0 Å². The Morgan fingerprint density at radius 1 is 1.04 bits per heavy atom. The molecule has 148 valence electrons. The first-order valence-electron chi connectivity index (χ1n) is 10.1. The van der Waals surface area contributed by atoms with Crippen molar-refractivity contribution in [1.82, 2.24) is 15.2 Å². The topological polar surface area (TPSA) is 62.3 Å². The molecule has 0 aliphatic heterocycles. The molecule has 5 nitrogen and oxygen atoms in total. The molecule has 1 rings (SSSR count). The number of rotatable bonds is 14. The van der Waals surface area contributed by atoms with Crippen molar-refractivity contribution in [2.24, 2.45) is 0 Å². The van der Waals surface area contributed by atoms with E-state index in [0.29, 0.717) is 25.2 Å². The fourth-order valence-corrected chi connectivity index (χ4v) is 3.55. The molecule has 1 heterocycles. The van der Waals surface area contributed by atoms with Gasteiger partial charge in [-0.15, -0.1) is 11.3 Å². The monoisotopic (exact) mass is 381 g/mol. The molecule has 1 aromatic rings. The molecule has 0 saturated carbocycles. The number of unbranched alkanes of at least 4 members (excludes halogenated alkanes) is 5. The Morgan fingerprint density at radius 3 is 2.46 bits per heavy atom. The third kappa shape index (κ3) is 8.79. The van der Waals surface area contributed by atoms with E-state index in [1.54, 1.807) is 5.38 Å². The van der Waals surface area contributed by atoms with Crippen molar-refractivity contribution in [2.45, 2.75) is 85.1 Å². The van der Waals surface area contributed by atoms with Crippen LogP contribution in [0.3, 0.4) is 0 Å². The summed E-state index contributed by atoms with van der Waals surface area (Å²) in [5.74, 6) is 0.0734. The summed E-state index contributed by atoms with van der Waals surface area (Å²) in [6.45, 7) is 8.22. The minimum atomic E-state index is -0.130. The highest BCUT2D eigenvalue weighted by molar-refractivity contribution is 7.09. The van der Waals surface area contributed by atoms with Crippen molar-refractivity contribution in [3.05, 3.63) is 16.1 Å². The standard InChI is InChI=1S/C20H35N3O2S/c1-4-7-8-9-10-11-12-19(24)23(14-6-3)15-18-22-17(16-26-18)20(25)21-13-5-2/h16H,4-15H2,1-3H3,(H,21,25). The normalized spacial score (nSPS) is 10.7. The van der Waals surface area contributed by atoms with Crippen LogP contribution < -0.4 is 5.32 Å². The summed E-state index contributed by atoms with van der Waals surface area (Å²) in [6, 6.07) is 0. The second kappa shape index (κ2) is 13.7. The van der Waals surface area contributed by atoms with Gasteiger partial charge >= 0.3 is 0 Å². The fourth-order valence-electron chi connectivity index (χ4n) is 2.76. The third-order valence-electron chi connectivity index (χ3n) is 4.24. The van der Waals surface area contributed by atoms with E-state index in [0.717, 1.165) is 37.2 Å². The molecule has 6 heteroatoms. The maximum Gasteiger partial charge on any atom is 0.270 e. The van der Waals surface area contributed by atoms with Crippen LogP contribution in [0.25, 0.3) is 0 Å². The van der Waals surface area contributed by atoms with Gasteiger partial charge in [-0.2, -0.15) is 0 Å². The second-order valence-corrected chi connectivity index (χ2v) is 7.66. The van der Waals surface area contributed by atoms with E-state index >= 15 is 0 Å². The van der Waals surface area contributed by atoms with Gasteiger partial charge in [0.15, 0.2) is 0 Å². The van der Waals surface area contributed by atoms with Crippen LogP contribution in [0.2, 0.25) is 0 Å². The summed E-state index contributed by atoms with van der Waals surface area (Å²) < 4.78 is 0. The predicted octanol–water partition coefficient (Wildman–Crippen LogP) is 4.77. The lowest BCUT2D eigenvalue weighted by molar-refractivity contribution is -0.132. The average Bonchev–Trinajstić information content (AvgIpc) is 3.10. The van der Waals surface area contributed by atoms with Crippen LogP contribution in [0.1, 0.15) is 94.1 Å². The molecule has 1 aromatic heterocycles. The molecular formula is C20H35N3O2S. The van der Waals surface area contributed by atoms with Gasteiger partial charge < -0.3 is 10.2 Å². The fraction of sp³-hybridized carbons (Fsp3) is 0.750. The van der Waals surface area contributed by atoms with E-state index in [1.807, 2.05) is 11.8 Å². The number of nitrogens with zero attached hydrogens (tertiary/aromatic N) is 2. The van der Waals surface area contributed by atoms with Gasteiger partial charge in [0.05, 0.1) is 6.54 Å². The zero-order valence-electron chi connectivity index (χ0n) is 16.7. The van der Waals surface area contributed by atoms with E-state index in [4.69, 9.17) is 0 Å². The summed E-state index contributed by atoms with van der Waals surface area (Å²) >= 11 is 1.45. The van der Waals surface area contributed by atoms with E-state index in [1.165, 1.54) is 37.0 Å². The first kappa shape index (κ1) is 22.6. The van der Waals surface area contributed by atoms with Gasteiger partial charge in [0, 0.05) is 24.9 Å². The van der Waals surface area contributed by atoms with Crippen molar-refractivity contribution >= 4 is 23.2 Å². The minimum absolute atomic E-state index is 0.130. The van der Waals surface area contributed by atoms with Crippen LogP contribution in [0.4, 0.5) is 0 Å². The molecule has 0 aliphatic rings. The van der Waals surface area contributed by atoms with Crippen LogP contribution in [-0.4, -0.2) is 34.8 Å². The van der Waals surface area contributed by atoms with Crippen LogP contribution in [0.5, 0.6) is 0 Å². The van der Waals surface area contributed by atoms with Crippen molar-refractivity contribution in [3.8, 4) is 0 Å². The quantitative estimate of drug-likeness (QED) is 0.472. The number of amides is 2. The zero-order chi connectivity index (χ0) is 19.2. The Hall–Kier alpha value is -1.43. The zero-order valence-corrected chi connectivity index (χ0v) is 17.5. The van der Waals surface area contributed by atoms with Crippen molar-refractivity contribution < 1.29 is 9.59 Å². The number of hydrogen-bond donors (Lipinski definition) is 1. The molecule has 0 fully saturated rings. The van der Waals surface area contributed by atoms with E-state index in [9.17, 15) is 9.59 Å². The first-order chi connectivity index (χ1) is 12.6. The summed E-state index contributed by atoms with van der Waals surface area (Å²) in [5.41, 5.74) is 0.457. The van der Waals surface area contributed by atoms with Gasteiger partial charge in [-0.05, 0) is 19.3 Å². The van der Waals surface area contributed by atoms with Gasteiger partial charge in [0.25, 0.3) is 5.91 Å². The number of carbonyl (C=O) groups excluding carboxylic acids is 2.